The first-order valence-electron chi connectivity index (χ1n) is 8.22. The van der Waals surface area contributed by atoms with Gasteiger partial charge in [-0.1, -0.05) is 30.0 Å². The minimum Gasteiger partial charge on any atom is -0.497 e. The van der Waals surface area contributed by atoms with E-state index in [1.54, 1.807) is 18.9 Å². The number of ether oxygens (including phenoxy) is 3. The summed E-state index contributed by atoms with van der Waals surface area (Å²) < 4.78 is 18.5. The Morgan fingerprint density at radius 2 is 1.58 bits per heavy atom. The number of nitrogens with zero attached hydrogens (tertiary/aromatic N) is 3. The molecule has 0 aliphatic heterocycles. The summed E-state index contributed by atoms with van der Waals surface area (Å²) in [5.41, 5.74) is 0. The van der Waals surface area contributed by atoms with E-state index in [1.807, 2.05) is 66.2 Å². The van der Waals surface area contributed by atoms with Gasteiger partial charge in [0.1, 0.15) is 23.9 Å². The summed E-state index contributed by atoms with van der Waals surface area (Å²) in [6.07, 6.45) is 0. The Bertz CT molecular complexity index is 807. The molecule has 0 amide bonds. The van der Waals surface area contributed by atoms with E-state index in [4.69, 9.17) is 14.2 Å². The van der Waals surface area contributed by atoms with Crippen molar-refractivity contribution in [3.63, 3.8) is 0 Å². The highest BCUT2D eigenvalue weighted by Crippen LogP contribution is 2.19. The second-order valence-electron chi connectivity index (χ2n) is 5.43. The number of hydrogen-bond acceptors (Lipinski definition) is 6. The van der Waals surface area contributed by atoms with Crippen molar-refractivity contribution in [1.82, 2.24) is 14.8 Å². The summed E-state index contributed by atoms with van der Waals surface area (Å²) in [6.45, 7) is 0.968. The Balaban J connectivity index is 1.44. The zero-order valence-corrected chi connectivity index (χ0v) is 15.6. The van der Waals surface area contributed by atoms with Gasteiger partial charge in [-0.2, -0.15) is 0 Å². The normalized spacial score (nSPS) is 10.5. The van der Waals surface area contributed by atoms with E-state index in [1.165, 1.54) is 0 Å². The van der Waals surface area contributed by atoms with Gasteiger partial charge in [0.25, 0.3) is 0 Å². The van der Waals surface area contributed by atoms with Gasteiger partial charge in [0.2, 0.25) is 0 Å². The van der Waals surface area contributed by atoms with Gasteiger partial charge in [0, 0.05) is 12.8 Å². The Morgan fingerprint density at radius 1 is 0.885 bits per heavy atom. The molecule has 3 rings (SSSR count). The molecule has 0 bridgehead atoms. The molecule has 0 fully saturated rings. The molecular weight excluding hydrogens is 350 g/mol. The van der Waals surface area contributed by atoms with Crippen LogP contribution in [0.15, 0.2) is 59.8 Å². The van der Waals surface area contributed by atoms with Crippen LogP contribution >= 0.6 is 11.8 Å². The van der Waals surface area contributed by atoms with E-state index < -0.39 is 0 Å². The number of hydrogen-bond donors (Lipinski definition) is 0. The van der Waals surface area contributed by atoms with Crippen molar-refractivity contribution >= 4 is 11.8 Å². The van der Waals surface area contributed by atoms with Gasteiger partial charge in [-0.3, -0.25) is 0 Å². The molecule has 0 atom stereocenters. The number of thioether (sulfide) groups is 1. The van der Waals surface area contributed by atoms with Crippen LogP contribution in [-0.2, 0) is 13.7 Å². The minimum atomic E-state index is 0.385. The fraction of sp³-hybridized carbons (Fsp3) is 0.263. The van der Waals surface area contributed by atoms with Gasteiger partial charge >= 0.3 is 0 Å². The van der Waals surface area contributed by atoms with Crippen LogP contribution in [0.5, 0.6) is 17.2 Å². The number of para-hydroxylation sites is 1. The predicted molar refractivity (Wildman–Crippen MR) is 101 cm³/mol. The van der Waals surface area contributed by atoms with Crippen LogP contribution in [0.2, 0.25) is 0 Å². The van der Waals surface area contributed by atoms with Crippen molar-refractivity contribution in [3.8, 4) is 17.2 Å². The Kier molecular flexibility index (Phi) is 6.38. The smallest absolute Gasteiger partial charge is 0.191 e. The summed E-state index contributed by atoms with van der Waals surface area (Å²) >= 11 is 1.60. The first-order chi connectivity index (χ1) is 12.8. The van der Waals surface area contributed by atoms with E-state index in [-0.39, 0.29) is 0 Å². The number of rotatable bonds is 9. The lowest BCUT2D eigenvalue weighted by Crippen LogP contribution is -2.05. The molecule has 1 aromatic heterocycles. The summed E-state index contributed by atoms with van der Waals surface area (Å²) in [6, 6.07) is 17.2. The highest BCUT2D eigenvalue weighted by Gasteiger charge is 2.10. The molecule has 1 heterocycles. The average Bonchev–Trinajstić information content (AvgIpc) is 3.04. The fourth-order valence-electron chi connectivity index (χ4n) is 2.23. The molecule has 0 saturated carbocycles. The number of aromatic nitrogens is 3. The van der Waals surface area contributed by atoms with Crippen molar-refractivity contribution in [2.75, 3.05) is 19.5 Å². The molecule has 26 heavy (non-hydrogen) atoms. The lowest BCUT2D eigenvalue weighted by atomic mass is 10.3. The van der Waals surface area contributed by atoms with Gasteiger partial charge in [0.05, 0.1) is 13.7 Å². The predicted octanol–water partition coefficient (Wildman–Crippen LogP) is 3.57. The van der Waals surface area contributed by atoms with E-state index in [0.29, 0.717) is 13.2 Å². The van der Waals surface area contributed by atoms with Crippen molar-refractivity contribution in [2.24, 2.45) is 7.05 Å². The molecule has 0 aliphatic rings. The Hall–Kier alpha value is -2.67. The van der Waals surface area contributed by atoms with Crippen molar-refractivity contribution < 1.29 is 14.2 Å². The molecule has 3 aromatic rings. The maximum absolute atomic E-state index is 5.72. The van der Waals surface area contributed by atoms with Crippen LogP contribution in [0.25, 0.3) is 0 Å². The quantitative estimate of drug-likeness (QED) is 0.423. The molecule has 0 N–H and O–H groups in total. The molecule has 7 heteroatoms. The van der Waals surface area contributed by atoms with E-state index >= 15 is 0 Å². The summed E-state index contributed by atoms with van der Waals surface area (Å²) in [4.78, 5) is 0. The van der Waals surface area contributed by atoms with Crippen molar-refractivity contribution in [2.45, 2.75) is 11.8 Å². The molecule has 0 unspecified atom stereocenters. The van der Waals surface area contributed by atoms with E-state index in [2.05, 4.69) is 10.2 Å². The first-order valence-corrected chi connectivity index (χ1v) is 9.20. The van der Waals surface area contributed by atoms with Crippen LogP contribution in [0, 0.1) is 0 Å². The SMILES string of the molecule is COc1ccc(OCCSc2nnc(COc3ccccc3)n2C)cc1. The van der Waals surface area contributed by atoms with E-state index in [9.17, 15) is 0 Å². The zero-order valence-electron chi connectivity index (χ0n) is 14.8. The molecule has 0 saturated heterocycles. The fourth-order valence-corrected chi connectivity index (χ4v) is 2.97. The summed E-state index contributed by atoms with van der Waals surface area (Å²) in [5, 5.41) is 9.26. The average molecular weight is 371 g/mol. The highest BCUT2D eigenvalue weighted by atomic mass is 32.2. The molecule has 0 spiro atoms. The maximum Gasteiger partial charge on any atom is 0.191 e. The maximum atomic E-state index is 5.72. The lowest BCUT2D eigenvalue weighted by molar-refractivity contribution is 0.290. The monoisotopic (exact) mass is 371 g/mol. The molecule has 0 aliphatic carbocycles. The van der Waals surface area contributed by atoms with Gasteiger partial charge in [-0.25, -0.2) is 0 Å². The second kappa shape index (κ2) is 9.15. The van der Waals surface area contributed by atoms with Gasteiger partial charge in [0.15, 0.2) is 11.0 Å². The molecule has 0 radical (unpaired) electrons. The Morgan fingerprint density at radius 3 is 2.31 bits per heavy atom. The summed E-state index contributed by atoms with van der Waals surface area (Å²) in [5.74, 6) is 4.01. The molecule has 2 aromatic carbocycles. The van der Waals surface area contributed by atoms with Crippen LogP contribution in [0.4, 0.5) is 0 Å². The second-order valence-corrected chi connectivity index (χ2v) is 6.49. The molecular formula is C19H21N3O3S. The van der Waals surface area contributed by atoms with Crippen LogP contribution in [0.3, 0.4) is 0 Å². The third-order valence-corrected chi connectivity index (χ3v) is 4.66. The number of benzene rings is 2. The standard InChI is InChI=1S/C19H21N3O3S/c1-22-18(14-25-16-6-4-3-5-7-16)20-21-19(22)26-13-12-24-17-10-8-15(23-2)9-11-17/h3-11H,12-14H2,1-2H3. The van der Waals surface area contributed by atoms with Crippen molar-refractivity contribution in [1.29, 1.82) is 0 Å². The number of methoxy groups -OCH3 is 1. The third-order valence-electron chi connectivity index (χ3n) is 3.68. The van der Waals surface area contributed by atoms with Crippen molar-refractivity contribution in [3.05, 3.63) is 60.4 Å². The first kappa shape index (κ1) is 18.1. The minimum absolute atomic E-state index is 0.385. The Labute approximate surface area is 157 Å². The van der Waals surface area contributed by atoms with Gasteiger partial charge in [-0.15, -0.1) is 10.2 Å². The van der Waals surface area contributed by atoms with Gasteiger partial charge < -0.3 is 18.8 Å². The lowest BCUT2D eigenvalue weighted by Gasteiger charge is -2.07. The molecule has 6 nitrogen and oxygen atoms in total. The summed E-state index contributed by atoms with van der Waals surface area (Å²) in [7, 11) is 3.59. The van der Waals surface area contributed by atoms with E-state index in [0.717, 1.165) is 34.0 Å². The van der Waals surface area contributed by atoms with Gasteiger partial charge in [-0.05, 0) is 36.4 Å². The molecule has 136 valence electrons. The van der Waals surface area contributed by atoms with Crippen LogP contribution in [-0.4, -0.2) is 34.2 Å². The largest absolute Gasteiger partial charge is 0.497 e. The third kappa shape index (κ3) is 4.92. The highest BCUT2D eigenvalue weighted by molar-refractivity contribution is 7.99. The zero-order chi connectivity index (χ0) is 18.2. The topological polar surface area (TPSA) is 58.4 Å². The van der Waals surface area contributed by atoms with Crippen LogP contribution < -0.4 is 14.2 Å². The van der Waals surface area contributed by atoms with Crippen LogP contribution in [0.1, 0.15) is 5.82 Å².